The number of nitrogens with two attached hydrogens (primary N) is 1. The Kier molecular flexibility index (Phi) is 4.94. The van der Waals surface area contributed by atoms with E-state index in [-0.39, 0.29) is 28.6 Å². The van der Waals surface area contributed by atoms with Gasteiger partial charge in [-0.05, 0) is 18.2 Å². The highest BCUT2D eigenvalue weighted by molar-refractivity contribution is 7.90. The molecule has 0 aliphatic heterocycles. The summed E-state index contributed by atoms with van der Waals surface area (Å²) < 4.78 is 30.2. The monoisotopic (exact) mass is 292 g/mol. The molecule has 1 aromatic rings. The molecule has 0 unspecified atom stereocenters. The number of hydrogen-bond donors (Lipinski definition) is 2. The van der Waals surface area contributed by atoms with E-state index in [1.165, 1.54) is 25.3 Å². The lowest BCUT2D eigenvalue weighted by atomic mass is 10.3. The molecule has 100 valence electrons. The van der Waals surface area contributed by atoms with Crippen molar-refractivity contribution >= 4 is 33.2 Å². The molecule has 1 aromatic carbocycles. The molecule has 0 saturated heterocycles. The Morgan fingerprint density at radius 2 is 2.17 bits per heavy atom. The number of methoxy groups -OCH3 is 1. The van der Waals surface area contributed by atoms with Crippen LogP contribution in [0.15, 0.2) is 23.1 Å². The van der Waals surface area contributed by atoms with Gasteiger partial charge in [0, 0.05) is 7.11 Å². The number of nitrogen functional groups attached to an aromatic ring is 1. The van der Waals surface area contributed by atoms with Crippen molar-refractivity contribution in [2.24, 2.45) is 0 Å². The van der Waals surface area contributed by atoms with E-state index in [2.05, 4.69) is 4.74 Å². The summed E-state index contributed by atoms with van der Waals surface area (Å²) in [7, 11) is -2.51. The predicted octanol–water partition coefficient (Wildman–Crippen LogP) is 0.764. The number of halogens is 1. The van der Waals surface area contributed by atoms with Gasteiger partial charge in [-0.2, -0.15) is 0 Å². The van der Waals surface area contributed by atoms with E-state index in [9.17, 15) is 13.2 Å². The van der Waals surface area contributed by atoms with E-state index in [1.807, 2.05) is 4.72 Å². The fourth-order valence-electron chi connectivity index (χ4n) is 1.13. The van der Waals surface area contributed by atoms with Crippen molar-refractivity contribution in [2.75, 3.05) is 19.5 Å². The molecule has 0 heterocycles. The van der Waals surface area contributed by atoms with E-state index in [0.29, 0.717) is 0 Å². The molecule has 0 atom stereocenters. The molecule has 1 rings (SSSR count). The number of benzene rings is 1. The number of amides is 1. The number of rotatable bonds is 5. The Balaban J connectivity index is 2.86. The van der Waals surface area contributed by atoms with Gasteiger partial charge in [0.25, 0.3) is 10.0 Å². The molecule has 0 bridgehead atoms. The van der Waals surface area contributed by atoms with Gasteiger partial charge in [0.2, 0.25) is 5.91 Å². The Hall–Kier alpha value is -1.31. The maximum Gasteiger partial charge on any atom is 0.264 e. The molecule has 0 aromatic heterocycles. The second-order valence-electron chi connectivity index (χ2n) is 3.45. The average molecular weight is 293 g/mol. The highest BCUT2D eigenvalue weighted by atomic mass is 35.5. The number of nitrogens with one attached hydrogen (secondary N) is 1. The smallest absolute Gasteiger partial charge is 0.264 e. The van der Waals surface area contributed by atoms with Crippen LogP contribution in [-0.4, -0.2) is 28.0 Å². The second-order valence-corrected chi connectivity index (χ2v) is 5.54. The highest BCUT2D eigenvalue weighted by Gasteiger charge is 2.18. The van der Waals surface area contributed by atoms with E-state index in [0.717, 1.165) is 0 Å². The van der Waals surface area contributed by atoms with Crippen molar-refractivity contribution in [1.82, 2.24) is 4.72 Å². The third kappa shape index (κ3) is 3.86. The molecule has 0 saturated carbocycles. The van der Waals surface area contributed by atoms with E-state index in [4.69, 9.17) is 17.3 Å². The predicted molar refractivity (Wildman–Crippen MR) is 67.7 cm³/mol. The molecule has 6 nitrogen and oxygen atoms in total. The summed E-state index contributed by atoms with van der Waals surface area (Å²) in [5.41, 5.74) is 5.73. The van der Waals surface area contributed by atoms with E-state index in [1.54, 1.807) is 0 Å². The summed E-state index contributed by atoms with van der Waals surface area (Å²) in [5, 5.41) is 0.113. The summed E-state index contributed by atoms with van der Waals surface area (Å²) in [6.07, 6.45) is -0.0432. The van der Waals surface area contributed by atoms with Gasteiger partial charge in [-0.3, -0.25) is 4.79 Å². The van der Waals surface area contributed by atoms with E-state index >= 15 is 0 Å². The van der Waals surface area contributed by atoms with Crippen LogP contribution in [0.4, 0.5) is 5.69 Å². The minimum atomic E-state index is -3.92. The lowest BCUT2D eigenvalue weighted by molar-refractivity contribution is -0.120. The second kappa shape index (κ2) is 6.03. The van der Waals surface area contributed by atoms with E-state index < -0.39 is 15.9 Å². The Morgan fingerprint density at radius 3 is 2.72 bits per heavy atom. The van der Waals surface area contributed by atoms with Crippen molar-refractivity contribution in [3.8, 4) is 0 Å². The molecular weight excluding hydrogens is 280 g/mol. The third-order valence-electron chi connectivity index (χ3n) is 2.06. The molecule has 1 amide bonds. The van der Waals surface area contributed by atoms with Crippen LogP contribution in [0.3, 0.4) is 0 Å². The third-order valence-corrected chi connectivity index (χ3v) is 3.76. The van der Waals surface area contributed by atoms with Crippen LogP contribution in [0.2, 0.25) is 5.02 Å². The lowest BCUT2D eigenvalue weighted by Gasteiger charge is -2.07. The molecule has 0 spiro atoms. The van der Waals surface area contributed by atoms with Crippen LogP contribution in [0.5, 0.6) is 0 Å². The summed E-state index contributed by atoms with van der Waals surface area (Å²) in [6, 6.07) is 3.81. The van der Waals surface area contributed by atoms with Gasteiger partial charge in [-0.25, -0.2) is 13.1 Å². The van der Waals surface area contributed by atoms with Crippen molar-refractivity contribution in [3.05, 3.63) is 23.2 Å². The molecule has 8 heteroatoms. The lowest BCUT2D eigenvalue weighted by Crippen LogP contribution is -2.31. The van der Waals surface area contributed by atoms with Crippen LogP contribution < -0.4 is 10.5 Å². The summed E-state index contributed by atoms with van der Waals surface area (Å²) in [6.45, 7) is 0.143. The molecular formula is C10H13ClN2O4S. The number of sulfonamides is 1. The number of hydrogen-bond acceptors (Lipinski definition) is 5. The highest BCUT2D eigenvalue weighted by Crippen LogP contribution is 2.22. The minimum Gasteiger partial charge on any atom is -0.398 e. The normalized spacial score (nSPS) is 11.2. The zero-order valence-electron chi connectivity index (χ0n) is 9.64. The molecule has 3 N–H and O–H groups in total. The molecule has 18 heavy (non-hydrogen) atoms. The van der Waals surface area contributed by atoms with Crippen LogP contribution in [0, 0.1) is 0 Å². The minimum absolute atomic E-state index is 0.0432. The zero-order chi connectivity index (χ0) is 13.8. The van der Waals surface area contributed by atoms with Gasteiger partial charge in [-0.15, -0.1) is 0 Å². The topological polar surface area (TPSA) is 98.5 Å². The fourth-order valence-corrected chi connectivity index (χ4v) is 2.41. The first-order valence-electron chi connectivity index (χ1n) is 4.96. The number of carbonyl (C=O) groups is 1. The van der Waals surface area contributed by atoms with Crippen LogP contribution in [0.25, 0.3) is 0 Å². The number of anilines is 1. The molecule has 0 radical (unpaired) electrons. The van der Waals surface area contributed by atoms with Crippen LogP contribution >= 0.6 is 11.6 Å². The van der Waals surface area contributed by atoms with Crippen molar-refractivity contribution in [1.29, 1.82) is 0 Å². The molecule has 0 aliphatic rings. The average Bonchev–Trinajstić information content (AvgIpc) is 2.29. The van der Waals surface area contributed by atoms with Crippen molar-refractivity contribution in [3.63, 3.8) is 0 Å². The van der Waals surface area contributed by atoms with Crippen molar-refractivity contribution < 1.29 is 17.9 Å². The van der Waals surface area contributed by atoms with Crippen LogP contribution in [0.1, 0.15) is 6.42 Å². The van der Waals surface area contributed by atoms with Gasteiger partial charge >= 0.3 is 0 Å². The molecule has 0 aliphatic carbocycles. The summed E-state index contributed by atoms with van der Waals surface area (Å²) in [5.74, 6) is -0.648. The number of carbonyl (C=O) groups excluding carboxylic acids is 1. The first-order chi connectivity index (χ1) is 8.36. The number of ether oxygens (including phenoxy) is 1. The first-order valence-corrected chi connectivity index (χ1v) is 6.82. The maximum absolute atomic E-state index is 11.8. The summed E-state index contributed by atoms with van der Waals surface area (Å²) >= 11 is 5.72. The van der Waals surface area contributed by atoms with Gasteiger partial charge < -0.3 is 10.5 Å². The van der Waals surface area contributed by atoms with Gasteiger partial charge in [-0.1, -0.05) is 11.6 Å². The quantitative estimate of drug-likeness (QED) is 0.781. The van der Waals surface area contributed by atoms with Gasteiger partial charge in [0.1, 0.15) is 0 Å². The Morgan fingerprint density at radius 1 is 1.50 bits per heavy atom. The standard InChI is InChI=1S/C10H13ClN2O4S/c1-17-5-4-10(14)13-18(15,16)7-2-3-9(12)8(11)6-7/h2-3,6H,4-5,12H2,1H3,(H,13,14). The van der Waals surface area contributed by atoms with Gasteiger partial charge in [0.05, 0.1) is 28.6 Å². The maximum atomic E-state index is 11.8. The Bertz CT molecular complexity index is 545. The van der Waals surface area contributed by atoms with Crippen molar-refractivity contribution in [2.45, 2.75) is 11.3 Å². The first kappa shape index (κ1) is 14.7. The SMILES string of the molecule is COCCC(=O)NS(=O)(=O)c1ccc(N)c(Cl)c1. The Labute approximate surface area is 110 Å². The zero-order valence-corrected chi connectivity index (χ0v) is 11.2. The van der Waals surface area contributed by atoms with Gasteiger partial charge in [0.15, 0.2) is 0 Å². The summed E-state index contributed by atoms with van der Waals surface area (Å²) in [4.78, 5) is 11.2. The van der Waals surface area contributed by atoms with Crippen LogP contribution in [-0.2, 0) is 19.6 Å². The largest absolute Gasteiger partial charge is 0.398 e. The fraction of sp³-hybridized carbons (Fsp3) is 0.300. The molecule has 0 fully saturated rings.